The predicted octanol–water partition coefficient (Wildman–Crippen LogP) is 6.26. The highest BCUT2D eigenvalue weighted by molar-refractivity contribution is 8.02. The lowest BCUT2D eigenvalue weighted by Gasteiger charge is -2.40. The van der Waals surface area contributed by atoms with Crippen LogP contribution in [0.1, 0.15) is 42.5 Å². The second-order valence-corrected chi connectivity index (χ2v) is 15.0. The van der Waals surface area contributed by atoms with Gasteiger partial charge >= 0.3 is 0 Å². The van der Waals surface area contributed by atoms with Gasteiger partial charge in [-0.2, -0.15) is 0 Å². The fourth-order valence-electron chi connectivity index (χ4n) is 8.41. The van der Waals surface area contributed by atoms with Gasteiger partial charge in [-0.3, -0.25) is 14.4 Å². The summed E-state index contributed by atoms with van der Waals surface area (Å²) in [6.07, 6.45) is 4.70. The van der Waals surface area contributed by atoms with E-state index in [1.165, 1.54) is 0 Å². The third kappa shape index (κ3) is 5.22. The van der Waals surface area contributed by atoms with Crippen LogP contribution in [0, 0.1) is 25.7 Å². The predicted molar refractivity (Wildman–Crippen MR) is 189 cm³/mol. The Morgan fingerprint density at radius 3 is 2.11 bits per heavy atom. The number of aryl methyl sites for hydroxylation is 2. The Labute approximate surface area is 281 Å². The van der Waals surface area contributed by atoms with Crippen LogP contribution in [0.25, 0.3) is 0 Å². The summed E-state index contributed by atoms with van der Waals surface area (Å²) in [4.78, 5) is 50.3. The monoisotopic (exact) mass is 649 g/mol. The Morgan fingerprint density at radius 2 is 1.51 bits per heavy atom. The third-order valence-electron chi connectivity index (χ3n) is 10.3. The topological polar surface area (TPSA) is 81.2 Å². The minimum atomic E-state index is -0.912. The van der Waals surface area contributed by atoms with Crippen molar-refractivity contribution in [2.45, 2.75) is 55.2 Å². The number of likely N-dealkylation sites (tertiary alicyclic amines) is 1. The molecule has 3 fully saturated rings. The zero-order valence-electron chi connectivity index (χ0n) is 27.3. The van der Waals surface area contributed by atoms with Crippen molar-refractivity contribution in [3.8, 4) is 0 Å². The van der Waals surface area contributed by atoms with Gasteiger partial charge in [0.1, 0.15) is 6.04 Å². The number of fused-ring (bicyclic) bond motifs is 1. The summed E-state index contributed by atoms with van der Waals surface area (Å²) in [5.74, 6) is -2.03. The fraction of sp³-hybridized carbons (Fsp3) is 0.359. The van der Waals surface area contributed by atoms with Crippen LogP contribution in [0.15, 0.2) is 104 Å². The lowest BCUT2D eigenvalue weighted by atomic mass is 9.66. The van der Waals surface area contributed by atoms with Gasteiger partial charge in [0.05, 0.1) is 29.2 Å². The number of carbonyl (C=O) groups is 3. The first-order valence-electron chi connectivity index (χ1n) is 16.3. The van der Waals surface area contributed by atoms with Crippen molar-refractivity contribution in [2.24, 2.45) is 11.8 Å². The van der Waals surface area contributed by atoms with Crippen LogP contribution < -0.4 is 9.80 Å². The van der Waals surface area contributed by atoms with E-state index in [1.807, 2.05) is 92.7 Å². The van der Waals surface area contributed by atoms with Crippen LogP contribution in [-0.2, 0) is 14.4 Å². The number of carbonyl (C=O) groups excluding carboxylic acids is 3. The number of aliphatic hydroxyl groups is 1. The number of hydrogen-bond acceptors (Lipinski definition) is 5. The van der Waals surface area contributed by atoms with Crippen molar-refractivity contribution < 1.29 is 19.5 Å². The van der Waals surface area contributed by atoms with Crippen LogP contribution in [0.2, 0.25) is 0 Å². The smallest absolute Gasteiger partial charge is 0.251 e. The van der Waals surface area contributed by atoms with Crippen molar-refractivity contribution in [1.82, 2.24) is 4.90 Å². The van der Waals surface area contributed by atoms with Gasteiger partial charge in [-0.05, 0) is 62.4 Å². The molecule has 0 saturated carbocycles. The summed E-state index contributed by atoms with van der Waals surface area (Å²) in [6, 6.07) is 23.1. The molecule has 47 heavy (non-hydrogen) atoms. The molecule has 3 aliphatic rings. The summed E-state index contributed by atoms with van der Waals surface area (Å²) in [5, 5.41) is 10.9. The first-order valence-corrected chi connectivity index (χ1v) is 17.1. The number of nitrogens with zero attached hydrogens (tertiary/aromatic N) is 3. The number of para-hydroxylation sites is 2. The van der Waals surface area contributed by atoms with E-state index in [1.54, 1.807) is 38.6 Å². The van der Waals surface area contributed by atoms with Crippen molar-refractivity contribution in [2.75, 3.05) is 29.5 Å². The van der Waals surface area contributed by atoms with Crippen LogP contribution in [-0.4, -0.2) is 63.0 Å². The van der Waals surface area contributed by atoms with Gasteiger partial charge in [0.15, 0.2) is 0 Å². The third-order valence-corrected chi connectivity index (χ3v) is 12.3. The van der Waals surface area contributed by atoms with E-state index in [0.717, 1.165) is 28.1 Å². The standard InChI is InChI=1S/C39H43N3O4S/c1-6-23-40(29-19-12-9-13-20-29)35(44)31-32-36(45)42(30(25-43)28-17-10-8-11-18-28)34(39(32)22-21-38(31,5)47-39)37(46)41(24-7-2)33-26(3)15-14-16-27(33)4/h6-20,30-32,34,43H,1-2,21-25H2,3-5H3/t30-,31+,32+,34?,38-,39?/m1/s1. The summed E-state index contributed by atoms with van der Waals surface area (Å²) in [6.45, 7) is 14.1. The zero-order chi connectivity index (χ0) is 33.5. The highest BCUT2D eigenvalue weighted by Crippen LogP contribution is 2.72. The zero-order valence-corrected chi connectivity index (χ0v) is 28.2. The van der Waals surface area contributed by atoms with Crippen molar-refractivity contribution in [1.29, 1.82) is 0 Å². The Hall–Kier alpha value is -4.14. The Morgan fingerprint density at radius 1 is 0.915 bits per heavy atom. The average Bonchev–Trinajstić information content (AvgIpc) is 3.64. The van der Waals surface area contributed by atoms with Gasteiger partial charge in [-0.1, -0.05) is 78.9 Å². The van der Waals surface area contributed by atoms with Crippen LogP contribution in [0.5, 0.6) is 0 Å². The Balaban J connectivity index is 1.52. The summed E-state index contributed by atoms with van der Waals surface area (Å²) in [5.41, 5.74) is 4.16. The summed E-state index contributed by atoms with van der Waals surface area (Å²) in [7, 11) is 0. The summed E-state index contributed by atoms with van der Waals surface area (Å²) >= 11 is 1.63. The molecule has 2 bridgehead atoms. The Kier molecular flexibility index (Phi) is 8.94. The molecule has 3 heterocycles. The molecular formula is C39H43N3O4S. The largest absolute Gasteiger partial charge is 0.394 e. The normalized spacial score (nSPS) is 26.5. The highest BCUT2D eigenvalue weighted by Gasteiger charge is 2.78. The summed E-state index contributed by atoms with van der Waals surface area (Å²) < 4.78 is -1.42. The molecule has 1 N–H and O–H groups in total. The number of aliphatic hydroxyl groups excluding tert-OH is 1. The van der Waals surface area contributed by atoms with Gasteiger partial charge < -0.3 is 19.8 Å². The number of hydrogen-bond donors (Lipinski definition) is 1. The highest BCUT2D eigenvalue weighted by atomic mass is 32.2. The minimum Gasteiger partial charge on any atom is -0.394 e. The van der Waals surface area contributed by atoms with E-state index in [0.29, 0.717) is 19.4 Å². The van der Waals surface area contributed by atoms with Crippen molar-refractivity contribution in [3.05, 3.63) is 121 Å². The van der Waals surface area contributed by atoms with E-state index in [2.05, 4.69) is 20.1 Å². The molecule has 0 radical (unpaired) electrons. The first kappa shape index (κ1) is 32.8. The molecule has 2 unspecified atom stereocenters. The van der Waals surface area contributed by atoms with Gasteiger partial charge in [0, 0.05) is 29.2 Å². The molecule has 0 aliphatic carbocycles. The Bertz CT molecular complexity index is 1680. The van der Waals surface area contributed by atoms with Gasteiger partial charge in [-0.25, -0.2) is 0 Å². The maximum Gasteiger partial charge on any atom is 0.251 e. The van der Waals surface area contributed by atoms with Gasteiger partial charge in [-0.15, -0.1) is 24.9 Å². The molecule has 8 heteroatoms. The lowest BCUT2D eigenvalue weighted by molar-refractivity contribution is -0.142. The van der Waals surface area contributed by atoms with Crippen molar-refractivity contribution in [3.63, 3.8) is 0 Å². The molecule has 3 saturated heterocycles. The van der Waals surface area contributed by atoms with Crippen LogP contribution >= 0.6 is 11.8 Å². The fourth-order valence-corrected chi connectivity index (χ4v) is 10.7. The molecule has 3 amide bonds. The minimum absolute atomic E-state index is 0.142. The lowest BCUT2D eigenvalue weighted by Crippen LogP contribution is -2.56. The molecule has 6 rings (SSSR count). The van der Waals surface area contributed by atoms with Gasteiger partial charge in [0.2, 0.25) is 11.8 Å². The number of amides is 3. The quantitative estimate of drug-likeness (QED) is 0.248. The molecule has 0 aromatic heterocycles. The van der Waals surface area contributed by atoms with E-state index >= 15 is 9.59 Å². The molecule has 6 atom stereocenters. The van der Waals surface area contributed by atoms with Crippen LogP contribution in [0.3, 0.4) is 0 Å². The molecule has 3 aromatic carbocycles. The SMILES string of the molecule is C=CCN(C(=O)[C@@H]1[C@H]2C(=O)N([C@H](CO)c3ccccc3)C(C(=O)N(CC=C)c3c(C)cccc3C)C23CC[C@@]1(C)S3)c1ccccc1. The molecule has 7 nitrogen and oxygen atoms in total. The molecule has 244 valence electrons. The van der Waals surface area contributed by atoms with Gasteiger partial charge in [0.25, 0.3) is 5.91 Å². The van der Waals surface area contributed by atoms with Crippen LogP contribution in [0.4, 0.5) is 11.4 Å². The van der Waals surface area contributed by atoms with E-state index < -0.39 is 33.4 Å². The number of benzene rings is 3. The number of anilines is 2. The van der Waals surface area contributed by atoms with Crippen molar-refractivity contribution >= 4 is 40.9 Å². The maximum atomic E-state index is 15.3. The number of thioether (sulfide) groups is 1. The molecular weight excluding hydrogens is 607 g/mol. The van der Waals surface area contributed by atoms with E-state index in [4.69, 9.17) is 0 Å². The average molecular weight is 650 g/mol. The molecule has 3 aliphatic heterocycles. The van der Waals surface area contributed by atoms with E-state index in [-0.39, 0.29) is 30.9 Å². The second kappa shape index (κ2) is 12.8. The van der Waals surface area contributed by atoms with E-state index in [9.17, 15) is 9.90 Å². The molecule has 3 aromatic rings. The molecule has 1 spiro atoms. The maximum absolute atomic E-state index is 15.3. The second-order valence-electron chi connectivity index (χ2n) is 13.1. The number of rotatable bonds is 11. The first-order chi connectivity index (χ1) is 22.6.